The van der Waals surface area contributed by atoms with Crippen LogP contribution in [0.5, 0.6) is 0 Å². The lowest BCUT2D eigenvalue weighted by Crippen LogP contribution is -2.34. The number of carbonyl (C=O) groups excluding carboxylic acids is 1. The second kappa shape index (κ2) is 8.11. The number of carbonyl (C=O) groups is 1. The van der Waals surface area contributed by atoms with E-state index < -0.39 is 0 Å². The van der Waals surface area contributed by atoms with Crippen LogP contribution in [0.25, 0.3) is 0 Å². The molecule has 2 aliphatic rings. The summed E-state index contributed by atoms with van der Waals surface area (Å²) in [5.41, 5.74) is 0. The average Bonchev–Trinajstić information content (AvgIpc) is 2.96. The van der Waals surface area contributed by atoms with E-state index in [4.69, 9.17) is 0 Å². The first-order valence-electron chi connectivity index (χ1n) is 8.29. The maximum Gasteiger partial charge on any atom is 0.246 e. The molecule has 3 unspecified atom stereocenters. The van der Waals surface area contributed by atoms with Crippen LogP contribution < -0.4 is 0 Å². The lowest BCUT2D eigenvalue weighted by molar-refractivity contribution is -0.125. The Balaban J connectivity index is 1.84. The highest BCUT2D eigenvalue weighted by Crippen LogP contribution is 2.30. The van der Waals surface area contributed by atoms with E-state index in [1.807, 2.05) is 22.7 Å². The minimum absolute atomic E-state index is 0.220. The Hall–Kier alpha value is -0.440. The highest BCUT2D eigenvalue weighted by molar-refractivity contribution is 8.00. The average molecular weight is 295 g/mol. The summed E-state index contributed by atoms with van der Waals surface area (Å²) >= 11 is 2.03. The monoisotopic (exact) mass is 295 g/mol. The van der Waals surface area contributed by atoms with Crippen LogP contribution in [-0.4, -0.2) is 34.9 Å². The van der Waals surface area contributed by atoms with Crippen LogP contribution in [0.4, 0.5) is 0 Å². The van der Waals surface area contributed by atoms with Crippen molar-refractivity contribution < 1.29 is 4.79 Å². The molecule has 114 valence electrons. The smallest absolute Gasteiger partial charge is 0.246 e. The molecule has 0 aromatic heterocycles. The van der Waals surface area contributed by atoms with Crippen molar-refractivity contribution in [2.45, 2.75) is 57.6 Å². The number of rotatable bonds is 5. The van der Waals surface area contributed by atoms with Gasteiger partial charge in [-0.15, -0.1) is 0 Å². The zero-order chi connectivity index (χ0) is 14.4. The topological polar surface area (TPSA) is 20.3 Å². The van der Waals surface area contributed by atoms with Gasteiger partial charge in [0.2, 0.25) is 5.91 Å². The molecule has 3 atom stereocenters. The van der Waals surface area contributed by atoms with E-state index in [0.717, 1.165) is 19.0 Å². The Morgan fingerprint density at radius 2 is 2.05 bits per heavy atom. The van der Waals surface area contributed by atoms with Gasteiger partial charge in [0.25, 0.3) is 0 Å². The Bertz CT molecular complexity index is 336. The predicted molar refractivity (Wildman–Crippen MR) is 88.0 cm³/mol. The zero-order valence-electron chi connectivity index (χ0n) is 13.0. The van der Waals surface area contributed by atoms with Gasteiger partial charge in [-0.05, 0) is 49.9 Å². The molecule has 0 aromatic carbocycles. The van der Waals surface area contributed by atoms with Crippen molar-refractivity contribution in [2.75, 3.05) is 18.8 Å². The lowest BCUT2D eigenvalue weighted by atomic mass is 9.80. The third-order valence-corrected chi connectivity index (χ3v) is 6.19. The van der Waals surface area contributed by atoms with Gasteiger partial charge in [0, 0.05) is 18.3 Å². The SMILES string of the molecule is CCN(CC1CCCS1)C(=O)/C=C/C1CCCCC1C. The number of nitrogens with zero attached hydrogens (tertiary/aromatic N) is 1. The molecule has 2 nitrogen and oxygen atoms in total. The summed E-state index contributed by atoms with van der Waals surface area (Å²) in [5, 5.41) is 0.668. The van der Waals surface area contributed by atoms with Crippen molar-refractivity contribution in [3.8, 4) is 0 Å². The van der Waals surface area contributed by atoms with Crippen molar-refractivity contribution in [3.05, 3.63) is 12.2 Å². The molecule has 1 amide bonds. The van der Waals surface area contributed by atoms with Gasteiger partial charge >= 0.3 is 0 Å². The molecular weight excluding hydrogens is 266 g/mol. The molecule has 0 spiro atoms. The third kappa shape index (κ3) is 4.54. The molecule has 0 bridgehead atoms. The first kappa shape index (κ1) is 15.9. The molecule has 2 fully saturated rings. The fourth-order valence-electron chi connectivity index (χ4n) is 3.35. The van der Waals surface area contributed by atoms with Crippen molar-refractivity contribution in [1.29, 1.82) is 0 Å². The fraction of sp³-hybridized carbons (Fsp3) is 0.824. The van der Waals surface area contributed by atoms with Crippen LogP contribution in [-0.2, 0) is 4.79 Å². The molecule has 0 radical (unpaired) electrons. The van der Waals surface area contributed by atoms with E-state index in [9.17, 15) is 4.79 Å². The first-order chi connectivity index (χ1) is 9.70. The van der Waals surface area contributed by atoms with E-state index in [2.05, 4.69) is 19.9 Å². The number of allylic oxidation sites excluding steroid dienone is 1. The molecule has 1 aliphatic heterocycles. The number of likely N-dealkylation sites (N-methyl/N-ethyl adjacent to an activating group) is 1. The lowest BCUT2D eigenvalue weighted by Gasteiger charge is -2.26. The zero-order valence-corrected chi connectivity index (χ0v) is 13.8. The van der Waals surface area contributed by atoms with Crippen molar-refractivity contribution in [2.24, 2.45) is 11.8 Å². The summed E-state index contributed by atoms with van der Waals surface area (Å²) in [7, 11) is 0. The van der Waals surface area contributed by atoms with Gasteiger partial charge in [-0.25, -0.2) is 0 Å². The Morgan fingerprint density at radius 3 is 2.70 bits per heavy atom. The number of hydrogen-bond acceptors (Lipinski definition) is 2. The van der Waals surface area contributed by atoms with Crippen molar-refractivity contribution in [3.63, 3.8) is 0 Å². The molecule has 0 aromatic rings. The summed E-state index contributed by atoms with van der Waals surface area (Å²) < 4.78 is 0. The Kier molecular flexibility index (Phi) is 6.47. The summed E-state index contributed by atoms with van der Waals surface area (Å²) in [6, 6.07) is 0. The summed E-state index contributed by atoms with van der Waals surface area (Å²) in [4.78, 5) is 14.4. The molecule has 1 saturated heterocycles. The maximum absolute atomic E-state index is 12.3. The summed E-state index contributed by atoms with van der Waals surface area (Å²) in [6.07, 6.45) is 11.9. The molecular formula is C17H29NOS. The molecule has 20 heavy (non-hydrogen) atoms. The molecule has 1 heterocycles. The largest absolute Gasteiger partial charge is 0.338 e. The second-order valence-corrected chi connectivity index (χ2v) is 7.70. The van der Waals surface area contributed by atoms with E-state index >= 15 is 0 Å². The minimum atomic E-state index is 0.220. The maximum atomic E-state index is 12.3. The van der Waals surface area contributed by atoms with Gasteiger partial charge < -0.3 is 4.90 Å². The van der Waals surface area contributed by atoms with Gasteiger partial charge in [-0.3, -0.25) is 4.79 Å². The minimum Gasteiger partial charge on any atom is -0.338 e. The number of amides is 1. The van der Waals surface area contributed by atoms with E-state index in [1.165, 1.54) is 44.3 Å². The van der Waals surface area contributed by atoms with Gasteiger partial charge in [0.15, 0.2) is 0 Å². The van der Waals surface area contributed by atoms with E-state index in [-0.39, 0.29) is 5.91 Å². The fourth-order valence-corrected chi connectivity index (χ4v) is 4.64. The molecule has 1 saturated carbocycles. The van der Waals surface area contributed by atoms with Gasteiger partial charge in [0.05, 0.1) is 0 Å². The normalized spacial score (nSPS) is 30.8. The van der Waals surface area contributed by atoms with Crippen LogP contribution in [0.3, 0.4) is 0 Å². The molecule has 1 aliphatic carbocycles. The predicted octanol–water partition coefficient (Wildman–Crippen LogP) is 4.11. The van der Waals surface area contributed by atoms with Gasteiger partial charge in [-0.2, -0.15) is 11.8 Å². The highest BCUT2D eigenvalue weighted by atomic mass is 32.2. The quantitative estimate of drug-likeness (QED) is 0.711. The van der Waals surface area contributed by atoms with Crippen molar-refractivity contribution >= 4 is 17.7 Å². The van der Waals surface area contributed by atoms with Gasteiger partial charge in [-0.1, -0.05) is 32.3 Å². The number of thioether (sulfide) groups is 1. The van der Waals surface area contributed by atoms with E-state index in [0.29, 0.717) is 11.2 Å². The highest BCUT2D eigenvalue weighted by Gasteiger charge is 2.22. The van der Waals surface area contributed by atoms with Gasteiger partial charge in [0.1, 0.15) is 0 Å². The Morgan fingerprint density at radius 1 is 1.25 bits per heavy atom. The van der Waals surface area contributed by atoms with Crippen LogP contribution in [0.1, 0.15) is 52.4 Å². The number of hydrogen-bond donors (Lipinski definition) is 0. The van der Waals surface area contributed by atoms with Crippen LogP contribution in [0, 0.1) is 11.8 Å². The first-order valence-corrected chi connectivity index (χ1v) is 9.34. The van der Waals surface area contributed by atoms with Crippen LogP contribution in [0.2, 0.25) is 0 Å². The second-order valence-electron chi connectivity index (χ2n) is 6.30. The standard InChI is InChI=1S/C17H29NOS/c1-3-18(13-16-9-6-12-20-16)17(19)11-10-15-8-5-4-7-14(15)2/h10-11,14-16H,3-9,12-13H2,1-2H3/b11-10+. The van der Waals surface area contributed by atoms with E-state index in [1.54, 1.807) is 0 Å². The van der Waals surface area contributed by atoms with Crippen LogP contribution >= 0.6 is 11.8 Å². The Labute approximate surface area is 128 Å². The molecule has 3 heteroatoms. The summed E-state index contributed by atoms with van der Waals surface area (Å²) in [5.74, 6) is 2.85. The van der Waals surface area contributed by atoms with Crippen LogP contribution in [0.15, 0.2) is 12.2 Å². The molecule has 0 N–H and O–H groups in total. The third-order valence-electron chi connectivity index (χ3n) is 4.81. The summed E-state index contributed by atoms with van der Waals surface area (Å²) in [6.45, 7) is 6.19. The van der Waals surface area contributed by atoms with Crippen molar-refractivity contribution in [1.82, 2.24) is 4.90 Å². The molecule has 2 rings (SSSR count).